The number of nitrogens with zero attached hydrogens (tertiary/aromatic N) is 1. The first-order valence-electron chi connectivity index (χ1n) is 6.97. The van der Waals surface area contributed by atoms with Gasteiger partial charge in [-0.05, 0) is 35.6 Å². The van der Waals surface area contributed by atoms with E-state index in [1.165, 1.54) is 11.3 Å². The van der Waals surface area contributed by atoms with Gasteiger partial charge in [0.05, 0.1) is 4.88 Å². The van der Waals surface area contributed by atoms with Gasteiger partial charge in [0.2, 0.25) is 0 Å². The quantitative estimate of drug-likeness (QED) is 0.922. The van der Waals surface area contributed by atoms with Crippen LogP contribution in [-0.2, 0) is 0 Å². The maximum Gasteiger partial charge on any atom is 0.263 e. The molecule has 3 rings (SSSR count). The standard InChI is InChI=1S/C16H17ClN2OS/c17-13-4-1-3-11(7-13)12-8-14(18)10-19(9-12)16(20)15-5-2-6-21-15/h1-7,12,14H,8-10,18H2. The Kier molecular flexibility index (Phi) is 4.29. The highest BCUT2D eigenvalue weighted by molar-refractivity contribution is 7.12. The fraction of sp³-hybridized carbons (Fsp3) is 0.312. The summed E-state index contributed by atoms with van der Waals surface area (Å²) < 4.78 is 0. The molecule has 1 aromatic carbocycles. The molecule has 2 atom stereocenters. The van der Waals surface area contributed by atoms with Crippen molar-refractivity contribution in [2.45, 2.75) is 18.4 Å². The number of rotatable bonds is 2. The molecule has 0 aliphatic carbocycles. The van der Waals surface area contributed by atoms with Crippen molar-refractivity contribution in [3.05, 3.63) is 57.2 Å². The number of nitrogens with two attached hydrogens (primary N) is 1. The van der Waals surface area contributed by atoms with Gasteiger partial charge in [0.1, 0.15) is 0 Å². The molecular weight excluding hydrogens is 304 g/mol. The van der Waals surface area contributed by atoms with Gasteiger partial charge in [0, 0.05) is 30.1 Å². The second kappa shape index (κ2) is 6.18. The summed E-state index contributed by atoms with van der Waals surface area (Å²) in [6, 6.07) is 11.6. The lowest BCUT2D eigenvalue weighted by molar-refractivity contribution is 0.0694. The Morgan fingerprint density at radius 2 is 2.14 bits per heavy atom. The third kappa shape index (κ3) is 3.28. The molecule has 2 aromatic rings. The van der Waals surface area contributed by atoms with Crippen LogP contribution in [-0.4, -0.2) is 29.9 Å². The van der Waals surface area contributed by atoms with Crippen LogP contribution in [0.1, 0.15) is 27.6 Å². The first-order valence-corrected chi connectivity index (χ1v) is 8.23. The lowest BCUT2D eigenvalue weighted by Gasteiger charge is -2.36. The summed E-state index contributed by atoms with van der Waals surface area (Å²) >= 11 is 7.54. The first-order chi connectivity index (χ1) is 10.1. The monoisotopic (exact) mass is 320 g/mol. The average Bonchev–Trinajstić information content (AvgIpc) is 3.00. The lowest BCUT2D eigenvalue weighted by atomic mass is 9.88. The molecular formula is C16H17ClN2OS. The van der Waals surface area contributed by atoms with Gasteiger partial charge in [0.15, 0.2) is 0 Å². The van der Waals surface area contributed by atoms with Crippen LogP contribution in [0.3, 0.4) is 0 Å². The van der Waals surface area contributed by atoms with Crippen molar-refractivity contribution in [1.82, 2.24) is 4.90 Å². The number of hydrogen-bond acceptors (Lipinski definition) is 3. The number of carbonyl (C=O) groups excluding carboxylic acids is 1. The summed E-state index contributed by atoms with van der Waals surface area (Å²) in [5.74, 6) is 0.323. The molecule has 0 radical (unpaired) electrons. The lowest BCUT2D eigenvalue weighted by Crippen LogP contribution is -2.48. The van der Waals surface area contributed by atoms with Crippen LogP contribution < -0.4 is 5.73 Å². The molecule has 21 heavy (non-hydrogen) atoms. The predicted molar refractivity (Wildman–Crippen MR) is 87.0 cm³/mol. The van der Waals surface area contributed by atoms with Gasteiger partial charge >= 0.3 is 0 Å². The minimum absolute atomic E-state index is 0.00615. The van der Waals surface area contributed by atoms with Gasteiger partial charge < -0.3 is 10.6 Å². The SMILES string of the molecule is NC1CC(c2cccc(Cl)c2)CN(C(=O)c2cccs2)C1. The van der Waals surface area contributed by atoms with Crippen LogP contribution in [0.4, 0.5) is 0 Å². The van der Waals surface area contributed by atoms with Crippen molar-refractivity contribution < 1.29 is 4.79 Å². The molecule has 1 aromatic heterocycles. The van der Waals surface area contributed by atoms with Crippen molar-refractivity contribution in [2.75, 3.05) is 13.1 Å². The molecule has 0 saturated carbocycles. The van der Waals surface area contributed by atoms with E-state index in [9.17, 15) is 4.79 Å². The molecule has 0 bridgehead atoms. The van der Waals surface area contributed by atoms with Gasteiger partial charge in [-0.15, -0.1) is 11.3 Å². The number of likely N-dealkylation sites (tertiary alicyclic amines) is 1. The largest absolute Gasteiger partial charge is 0.336 e. The highest BCUT2D eigenvalue weighted by Gasteiger charge is 2.30. The van der Waals surface area contributed by atoms with Crippen LogP contribution in [0.15, 0.2) is 41.8 Å². The van der Waals surface area contributed by atoms with Crippen LogP contribution >= 0.6 is 22.9 Å². The van der Waals surface area contributed by atoms with Gasteiger partial charge in [0.25, 0.3) is 5.91 Å². The number of hydrogen-bond donors (Lipinski definition) is 1. The summed E-state index contributed by atoms with van der Waals surface area (Å²) in [6.45, 7) is 1.32. The zero-order chi connectivity index (χ0) is 14.8. The number of piperidine rings is 1. The summed E-state index contributed by atoms with van der Waals surface area (Å²) in [5.41, 5.74) is 7.31. The second-order valence-corrected chi connectivity index (χ2v) is 6.82. The van der Waals surface area contributed by atoms with Crippen LogP contribution in [0, 0.1) is 0 Å². The Morgan fingerprint density at radius 1 is 1.29 bits per heavy atom. The van der Waals surface area contributed by atoms with E-state index in [-0.39, 0.29) is 17.9 Å². The van der Waals surface area contributed by atoms with E-state index < -0.39 is 0 Å². The van der Waals surface area contributed by atoms with Gasteiger partial charge in [-0.25, -0.2) is 0 Å². The smallest absolute Gasteiger partial charge is 0.263 e. The van der Waals surface area contributed by atoms with E-state index in [0.29, 0.717) is 13.1 Å². The molecule has 110 valence electrons. The van der Waals surface area contributed by atoms with E-state index in [1.807, 2.05) is 40.6 Å². The maximum absolute atomic E-state index is 12.5. The molecule has 2 unspecified atom stereocenters. The highest BCUT2D eigenvalue weighted by Crippen LogP contribution is 2.29. The third-order valence-electron chi connectivity index (χ3n) is 3.82. The van der Waals surface area contributed by atoms with Gasteiger partial charge in [-0.1, -0.05) is 29.8 Å². The molecule has 1 saturated heterocycles. The second-order valence-electron chi connectivity index (χ2n) is 5.44. The van der Waals surface area contributed by atoms with Crippen molar-refractivity contribution in [2.24, 2.45) is 5.73 Å². The van der Waals surface area contributed by atoms with Gasteiger partial charge in [-0.2, -0.15) is 0 Å². The Morgan fingerprint density at radius 3 is 2.86 bits per heavy atom. The van der Waals surface area contributed by atoms with Crippen molar-refractivity contribution in [1.29, 1.82) is 0 Å². The van der Waals surface area contributed by atoms with Gasteiger partial charge in [-0.3, -0.25) is 4.79 Å². The molecule has 3 nitrogen and oxygen atoms in total. The third-order valence-corrected chi connectivity index (χ3v) is 4.92. The Hall–Kier alpha value is -1.36. The normalized spacial score (nSPS) is 22.3. The topological polar surface area (TPSA) is 46.3 Å². The zero-order valence-corrected chi connectivity index (χ0v) is 13.1. The number of benzene rings is 1. The van der Waals surface area contributed by atoms with E-state index in [0.717, 1.165) is 21.9 Å². The molecule has 2 heterocycles. The Bertz CT molecular complexity index is 629. The average molecular weight is 321 g/mol. The molecule has 1 amide bonds. The Labute approximate surface area is 133 Å². The van der Waals surface area contributed by atoms with Crippen molar-refractivity contribution in [3.8, 4) is 0 Å². The minimum atomic E-state index is 0.00615. The number of amides is 1. The zero-order valence-electron chi connectivity index (χ0n) is 11.5. The first kappa shape index (κ1) is 14.6. The van der Waals surface area contributed by atoms with Crippen LogP contribution in [0.25, 0.3) is 0 Å². The molecule has 1 aliphatic heterocycles. The predicted octanol–water partition coefficient (Wildman–Crippen LogP) is 3.36. The van der Waals surface area contributed by atoms with E-state index in [1.54, 1.807) is 0 Å². The van der Waals surface area contributed by atoms with Crippen LogP contribution in [0.2, 0.25) is 5.02 Å². The number of thiophene rings is 1. The molecule has 0 spiro atoms. The molecule has 1 aliphatic rings. The molecule has 1 fully saturated rings. The summed E-state index contributed by atoms with van der Waals surface area (Å²) in [4.78, 5) is 15.1. The van der Waals surface area contributed by atoms with Crippen LogP contribution in [0.5, 0.6) is 0 Å². The van der Waals surface area contributed by atoms with Crippen molar-refractivity contribution in [3.63, 3.8) is 0 Å². The number of halogens is 1. The van der Waals surface area contributed by atoms with E-state index in [4.69, 9.17) is 17.3 Å². The molecule has 5 heteroatoms. The number of carbonyl (C=O) groups is 1. The maximum atomic E-state index is 12.5. The minimum Gasteiger partial charge on any atom is -0.336 e. The summed E-state index contributed by atoms with van der Waals surface area (Å²) in [6.07, 6.45) is 0.883. The fourth-order valence-corrected chi connectivity index (χ4v) is 3.75. The summed E-state index contributed by atoms with van der Waals surface area (Å²) in [5, 5.41) is 2.65. The Balaban J connectivity index is 1.80. The van der Waals surface area contributed by atoms with E-state index >= 15 is 0 Å². The van der Waals surface area contributed by atoms with Crippen molar-refractivity contribution >= 4 is 28.8 Å². The van der Waals surface area contributed by atoms with E-state index in [2.05, 4.69) is 6.07 Å². The fourth-order valence-electron chi connectivity index (χ4n) is 2.86. The molecule has 2 N–H and O–H groups in total. The summed E-state index contributed by atoms with van der Waals surface area (Å²) in [7, 11) is 0. The highest BCUT2D eigenvalue weighted by atomic mass is 35.5.